The van der Waals surface area contributed by atoms with Crippen molar-refractivity contribution < 1.29 is 9.15 Å². The lowest BCUT2D eigenvalue weighted by molar-refractivity contribution is 0.234. The summed E-state index contributed by atoms with van der Waals surface area (Å²) < 4.78 is 11.7. The van der Waals surface area contributed by atoms with Crippen molar-refractivity contribution >= 4 is 11.0 Å². The van der Waals surface area contributed by atoms with Gasteiger partial charge >= 0.3 is 0 Å². The molecule has 0 radical (unpaired) electrons. The molecule has 0 saturated carbocycles. The van der Waals surface area contributed by atoms with E-state index in [2.05, 4.69) is 48.3 Å². The van der Waals surface area contributed by atoms with Crippen molar-refractivity contribution in [2.24, 2.45) is 0 Å². The maximum Gasteiger partial charge on any atom is 0.241 e. The zero-order valence-electron chi connectivity index (χ0n) is 19.9. The van der Waals surface area contributed by atoms with Gasteiger partial charge in [-0.1, -0.05) is 50.6 Å². The molecule has 2 heterocycles. The normalized spacial score (nSPS) is 11.6. The molecule has 0 saturated heterocycles. The van der Waals surface area contributed by atoms with E-state index in [-0.39, 0.29) is 12.0 Å². The molecule has 4 rings (SSSR count). The molecular formula is C27H32N4O2. The molecule has 2 aromatic carbocycles. The fraction of sp³-hybridized carbons (Fsp3) is 0.407. The Kier molecular flexibility index (Phi) is 7.33. The Morgan fingerprint density at radius 3 is 2.30 bits per heavy atom. The molecule has 0 unspecified atom stereocenters. The Balaban J connectivity index is 1.41. The number of aryl methyl sites for hydroxylation is 2. The highest BCUT2D eigenvalue weighted by Gasteiger charge is 2.14. The highest BCUT2D eigenvalue weighted by molar-refractivity contribution is 5.79. The minimum Gasteiger partial charge on any atom is -0.473 e. The van der Waals surface area contributed by atoms with Crippen molar-refractivity contribution in [2.75, 3.05) is 0 Å². The molecule has 4 aromatic rings. The molecule has 0 aliphatic carbocycles. The third-order valence-electron chi connectivity index (χ3n) is 5.42. The highest BCUT2D eigenvalue weighted by Crippen LogP contribution is 2.30. The summed E-state index contributed by atoms with van der Waals surface area (Å²) in [5.74, 6) is 2.33. The van der Waals surface area contributed by atoms with Crippen LogP contribution in [0.15, 0.2) is 52.9 Å². The average Bonchev–Trinajstić information content (AvgIpc) is 3.28. The number of nitrogens with zero attached hydrogens (tertiary/aromatic N) is 4. The number of benzene rings is 2. The van der Waals surface area contributed by atoms with Gasteiger partial charge in [0.15, 0.2) is 0 Å². The van der Waals surface area contributed by atoms with Gasteiger partial charge in [0.05, 0.1) is 17.1 Å². The summed E-state index contributed by atoms with van der Waals surface area (Å²) in [6.45, 7) is 8.14. The summed E-state index contributed by atoms with van der Waals surface area (Å²) in [7, 11) is 0. The molecule has 0 aliphatic rings. The van der Waals surface area contributed by atoms with E-state index in [9.17, 15) is 0 Å². The van der Waals surface area contributed by atoms with Crippen molar-refractivity contribution in [1.29, 1.82) is 0 Å². The lowest BCUT2D eigenvalue weighted by atomic mass is 10.0. The molecule has 0 spiro atoms. The van der Waals surface area contributed by atoms with Gasteiger partial charge in [0, 0.05) is 17.9 Å². The van der Waals surface area contributed by atoms with Gasteiger partial charge < -0.3 is 9.15 Å². The topological polar surface area (TPSA) is 73.9 Å². The Morgan fingerprint density at radius 1 is 0.818 bits per heavy atom. The summed E-state index contributed by atoms with van der Waals surface area (Å²) in [6, 6.07) is 16.5. The first-order valence-corrected chi connectivity index (χ1v) is 11.8. The van der Waals surface area contributed by atoms with Crippen molar-refractivity contribution in [3.05, 3.63) is 65.9 Å². The van der Waals surface area contributed by atoms with Crippen LogP contribution in [0.3, 0.4) is 0 Å². The first-order chi connectivity index (χ1) is 16.0. The fourth-order valence-electron chi connectivity index (χ4n) is 3.73. The number of fused-ring (bicyclic) bond motifs is 1. The first kappa shape index (κ1) is 22.9. The maximum absolute atomic E-state index is 6.03. The van der Waals surface area contributed by atoms with Gasteiger partial charge in [0.25, 0.3) is 0 Å². The van der Waals surface area contributed by atoms with Crippen molar-refractivity contribution in [1.82, 2.24) is 20.2 Å². The minimum absolute atomic E-state index is 0.0258. The first-order valence-electron chi connectivity index (χ1n) is 11.8. The molecule has 172 valence electrons. The number of unbranched alkanes of at least 4 members (excludes halogenated alkanes) is 2. The van der Waals surface area contributed by atoms with E-state index in [0.717, 1.165) is 66.2 Å². The molecule has 2 aromatic heterocycles. The average molecular weight is 445 g/mol. The molecule has 33 heavy (non-hydrogen) atoms. The van der Waals surface area contributed by atoms with Gasteiger partial charge in [-0.05, 0) is 56.9 Å². The second-order valence-corrected chi connectivity index (χ2v) is 8.98. The molecular weight excluding hydrogens is 412 g/mol. The number of aromatic nitrogens is 4. The van der Waals surface area contributed by atoms with Gasteiger partial charge in [-0.2, -0.15) is 0 Å². The zero-order valence-corrected chi connectivity index (χ0v) is 19.9. The lowest BCUT2D eigenvalue weighted by Crippen LogP contribution is -2.09. The molecule has 0 fully saturated rings. The summed E-state index contributed by atoms with van der Waals surface area (Å²) in [6.07, 6.45) is 5.13. The largest absolute Gasteiger partial charge is 0.473 e. The van der Waals surface area contributed by atoms with Gasteiger partial charge in [-0.3, -0.25) is 0 Å². The second-order valence-electron chi connectivity index (χ2n) is 8.98. The predicted molar refractivity (Wildman–Crippen MR) is 130 cm³/mol. The number of ether oxygens (including phenoxy) is 1. The van der Waals surface area contributed by atoms with Crippen LogP contribution >= 0.6 is 0 Å². The molecule has 0 amide bonds. The van der Waals surface area contributed by atoms with E-state index < -0.39 is 0 Å². The van der Waals surface area contributed by atoms with Crippen LogP contribution in [0.25, 0.3) is 22.3 Å². The van der Waals surface area contributed by atoms with Crippen LogP contribution in [0, 0.1) is 0 Å². The van der Waals surface area contributed by atoms with Crippen LogP contribution < -0.4 is 4.74 Å². The smallest absolute Gasteiger partial charge is 0.241 e. The molecule has 0 aliphatic heterocycles. The summed E-state index contributed by atoms with van der Waals surface area (Å²) in [4.78, 5) is 9.63. The molecule has 0 bridgehead atoms. The zero-order chi connectivity index (χ0) is 23.2. The standard InChI is InChI=1S/C27H32N4O2/c1-18(2)26-31-30-24(33-26)16-7-5-6-11-20-12-10-13-21(17-20)25-27(32-19(3)4)29-23-15-9-8-14-22(23)28-25/h8-10,12-15,17-19H,5-7,11,16H2,1-4H3. The van der Waals surface area contributed by atoms with Crippen LogP contribution in [-0.2, 0) is 12.8 Å². The van der Waals surface area contributed by atoms with Crippen LogP contribution in [0.2, 0.25) is 0 Å². The fourth-order valence-corrected chi connectivity index (χ4v) is 3.73. The summed E-state index contributed by atoms with van der Waals surface area (Å²) in [5.41, 5.74) is 4.83. The van der Waals surface area contributed by atoms with E-state index in [1.165, 1.54) is 5.56 Å². The van der Waals surface area contributed by atoms with E-state index in [1.807, 2.05) is 38.1 Å². The Morgan fingerprint density at radius 2 is 1.58 bits per heavy atom. The van der Waals surface area contributed by atoms with E-state index in [4.69, 9.17) is 19.1 Å². The molecule has 6 heteroatoms. The predicted octanol–water partition coefficient (Wildman–Crippen LogP) is 6.55. The molecule has 0 atom stereocenters. The van der Waals surface area contributed by atoms with Gasteiger partial charge in [-0.25, -0.2) is 9.97 Å². The van der Waals surface area contributed by atoms with Crippen molar-refractivity contribution in [2.45, 2.75) is 71.8 Å². The lowest BCUT2D eigenvalue weighted by Gasteiger charge is -2.14. The quantitative estimate of drug-likeness (QED) is 0.258. The number of rotatable bonds is 10. The highest BCUT2D eigenvalue weighted by atomic mass is 16.5. The van der Waals surface area contributed by atoms with Crippen LogP contribution in [0.5, 0.6) is 5.88 Å². The molecule has 0 N–H and O–H groups in total. The molecule has 6 nitrogen and oxygen atoms in total. The van der Waals surface area contributed by atoms with Crippen molar-refractivity contribution in [3.8, 4) is 17.1 Å². The number of para-hydroxylation sites is 2. The van der Waals surface area contributed by atoms with E-state index in [1.54, 1.807) is 0 Å². The Hall–Kier alpha value is -3.28. The minimum atomic E-state index is 0.0258. The monoisotopic (exact) mass is 444 g/mol. The summed E-state index contributed by atoms with van der Waals surface area (Å²) in [5, 5.41) is 8.25. The van der Waals surface area contributed by atoms with Crippen LogP contribution in [-0.4, -0.2) is 26.3 Å². The van der Waals surface area contributed by atoms with Crippen molar-refractivity contribution in [3.63, 3.8) is 0 Å². The third kappa shape index (κ3) is 5.95. The second kappa shape index (κ2) is 10.6. The van der Waals surface area contributed by atoms with E-state index >= 15 is 0 Å². The van der Waals surface area contributed by atoms with Gasteiger partial charge in [-0.15, -0.1) is 10.2 Å². The van der Waals surface area contributed by atoms with E-state index in [0.29, 0.717) is 5.88 Å². The number of hydrogen-bond donors (Lipinski definition) is 0. The number of hydrogen-bond acceptors (Lipinski definition) is 6. The third-order valence-corrected chi connectivity index (χ3v) is 5.42. The van der Waals surface area contributed by atoms with Crippen LogP contribution in [0.4, 0.5) is 0 Å². The summed E-state index contributed by atoms with van der Waals surface area (Å²) >= 11 is 0. The maximum atomic E-state index is 6.03. The van der Waals surface area contributed by atoms with Gasteiger partial charge in [0.2, 0.25) is 17.7 Å². The van der Waals surface area contributed by atoms with Gasteiger partial charge in [0.1, 0.15) is 5.69 Å². The Bertz CT molecular complexity index is 1200. The Labute approximate surface area is 195 Å². The SMILES string of the molecule is CC(C)Oc1nc2ccccc2nc1-c1cccc(CCCCCc2nnc(C(C)C)o2)c1. The van der Waals surface area contributed by atoms with Crippen LogP contribution in [0.1, 0.15) is 70.2 Å².